The molecule has 0 aromatic carbocycles. The van der Waals surface area contributed by atoms with Crippen molar-refractivity contribution in [3.8, 4) is 0 Å². The van der Waals surface area contributed by atoms with Crippen LogP contribution in [0.15, 0.2) is 0 Å². The van der Waals surface area contributed by atoms with Crippen molar-refractivity contribution in [1.29, 1.82) is 0 Å². The Kier molecular flexibility index (Phi) is 5.63. The topological polar surface area (TPSA) is 58.7 Å². The number of aliphatic hydroxyl groups excluding tert-OH is 1. The highest BCUT2D eigenvalue weighted by molar-refractivity contribution is 4.96. The van der Waals surface area contributed by atoms with Gasteiger partial charge in [-0.05, 0) is 51.1 Å². The van der Waals surface area contributed by atoms with Gasteiger partial charge in [0.2, 0.25) is 0 Å². The molecule has 2 fully saturated rings. The van der Waals surface area contributed by atoms with E-state index in [0.717, 1.165) is 39.1 Å². The highest BCUT2D eigenvalue weighted by Gasteiger charge is 2.38. The number of nitrogens with zero attached hydrogens (tertiary/aromatic N) is 1. The van der Waals surface area contributed by atoms with Gasteiger partial charge in [-0.3, -0.25) is 0 Å². The molecule has 1 aliphatic heterocycles. The van der Waals surface area contributed by atoms with E-state index in [1.54, 1.807) is 0 Å². The number of ether oxygens (including phenoxy) is 1. The summed E-state index contributed by atoms with van der Waals surface area (Å²) >= 11 is 0. The fraction of sp³-hybridized carbons (Fsp3) is 1.00. The molecular weight excluding hydrogens is 240 g/mol. The molecule has 3 atom stereocenters. The minimum absolute atomic E-state index is 0.134. The van der Waals surface area contributed by atoms with Gasteiger partial charge >= 0.3 is 0 Å². The zero-order chi connectivity index (χ0) is 13.7. The van der Waals surface area contributed by atoms with Crippen molar-refractivity contribution in [2.24, 2.45) is 11.7 Å². The summed E-state index contributed by atoms with van der Waals surface area (Å²) in [6.07, 6.45) is 7.28. The van der Waals surface area contributed by atoms with Crippen LogP contribution in [0.25, 0.3) is 0 Å². The maximum atomic E-state index is 9.49. The molecule has 4 heteroatoms. The smallest absolute Gasteiger partial charge is 0.0702 e. The Bertz CT molecular complexity index is 269. The molecule has 2 aliphatic rings. The predicted octanol–water partition coefficient (Wildman–Crippen LogP) is 1.37. The average molecular weight is 270 g/mol. The monoisotopic (exact) mass is 270 g/mol. The molecule has 1 heterocycles. The minimum Gasteiger partial charge on any atom is -0.394 e. The van der Waals surface area contributed by atoms with Crippen LogP contribution in [0.4, 0.5) is 0 Å². The molecule has 19 heavy (non-hydrogen) atoms. The Morgan fingerprint density at radius 3 is 2.84 bits per heavy atom. The molecule has 1 saturated heterocycles. The van der Waals surface area contributed by atoms with Crippen molar-refractivity contribution in [3.63, 3.8) is 0 Å². The van der Waals surface area contributed by atoms with Crippen LogP contribution in [0.5, 0.6) is 0 Å². The van der Waals surface area contributed by atoms with Gasteiger partial charge in [-0.2, -0.15) is 0 Å². The second-order valence-electron chi connectivity index (χ2n) is 6.30. The number of hydrogen-bond acceptors (Lipinski definition) is 4. The van der Waals surface area contributed by atoms with Crippen LogP contribution in [0.2, 0.25) is 0 Å². The number of aliphatic hydroxyl groups is 1. The minimum atomic E-state index is -0.316. The summed E-state index contributed by atoms with van der Waals surface area (Å²) in [5.74, 6) is 0.482. The number of likely N-dealkylation sites (N-methyl/N-ethyl adjacent to an activating group) is 1. The van der Waals surface area contributed by atoms with Crippen LogP contribution in [0.3, 0.4) is 0 Å². The molecule has 2 rings (SSSR count). The van der Waals surface area contributed by atoms with E-state index in [4.69, 9.17) is 10.5 Å². The zero-order valence-electron chi connectivity index (χ0n) is 12.3. The molecule has 0 spiro atoms. The lowest BCUT2D eigenvalue weighted by molar-refractivity contribution is 0.0699. The molecule has 3 N–H and O–H groups in total. The first kappa shape index (κ1) is 15.2. The van der Waals surface area contributed by atoms with Gasteiger partial charge in [0.15, 0.2) is 0 Å². The van der Waals surface area contributed by atoms with Gasteiger partial charge in [0, 0.05) is 18.7 Å². The third-order valence-electron chi connectivity index (χ3n) is 5.03. The second-order valence-corrected chi connectivity index (χ2v) is 6.30. The van der Waals surface area contributed by atoms with Gasteiger partial charge in [-0.15, -0.1) is 0 Å². The van der Waals surface area contributed by atoms with E-state index in [9.17, 15) is 5.11 Å². The molecule has 4 nitrogen and oxygen atoms in total. The first-order chi connectivity index (χ1) is 9.18. The number of nitrogens with two attached hydrogens (primary N) is 1. The van der Waals surface area contributed by atoms with Crippen LogP contribution in [0.1, 0.15) is 45.4 Å². The standard InChI is InChI=1S/C15H30N2O2/c1-2-17(11-14-6-4-10-19-14)9-7-13-5-3-8-15(13,16)12-18/h13-14,18H,2-12,16H2,1H3. The van der Waals surface area contributed by atoms with Crippen LogP contribution < -0.4 is 5.73 Å². The van der Waals surface area contributed by atoms with E-state index in [1.807, 2.05) is 0 Å². The lowest BCUT2D eigenvalue weighted by atomic mass is 9.86. The van der Waals surface area contributed by atoms with Crippen LogP contribution in [-0.4, -0.2) is 54.5 Å². The number of rotatable bonds is 7. The van der Waals surface area contributed by atoms with Crippen molar-refractivity contribution in [2.75, 3.05) is 32.8 Å². The predicted molar refractivity (Wildman–Crippen MR) is 77.1 cm³/mol. The van der Waals surface area contributed by atoms with Crippen molar-refractivity contribution >= 4 is 0 Å². The maximum absolute atomic E-state index is 9.49. The molecule has 112 valence electrons. The summed E-state index contributed by atoms with van der Waals surface area (Å²) in [4.78, 5) is 2.48. The third kappa shape index (κ3) is 3.91. The molecule has 0 amide bonds. The summed E-state index contributed by atoms with van der Waals surface area (Å²) in [5.41, 5.74) is 5.98. The highest BCUT2D eigenvalue weighted by atomic mass is 16.5. The van der Waals surface area contributed by atoms with Crippen LogP contribution in [0, 0.1) is 5.92 Å². The van der Waals surface area contributed by atoms with Gasteiger partial charge < -0.3 is 20.5 Å². The van der Waals surface area contributed by atoms with E-state index in [2.05, 4.69) is 11.8 Å². The first-order valence-corrected chi connectivity index (χ1v) is 7.91. The average Bonchev–Trinajstić information content (AvgIpc) is 3.05. The zero-order valence-corrected chi connectivity index (χ0v) is 12.3. The normalized spacial score (nSPS) is 35.4. The Labute approximate surface area is 117 Å². The van der Waals surface area contributed by atoms with Crippen LogP contribution >= 0.6 is 0 Å². The first-order valence-electron chi connectivity index (χ1n) is 7.91. The molecule has 0 aromatic heterocycles. The van der Waals surface area contributed by atoms with Crippen molar-refractivity contribution in [3.05, 3.63) is 0 Å². The molecule has 1 aliphatic carbocycles. The Hall–Kier alpha value is -0.160. The molecule has 1 saturated carbocycles. The highest BCUT2D eigenvalue weighted by Crippen LogP contribution is 2.35. The van der Waals surface area contributed by atoms with E-state index >= 15 is 0 Å². The van der Waals surface area contributed by atoms with Gasteiger partial charge in [-0.25, -0.2) is 0 Å². The van der Waals surface area contributed by atoms with E-state index in [-0.39, 0.29) is 12.1 Å². The summed E-state index contributed by atoms with van der Waals surface area (Å²) in [6, 6.07) is 0. The molecule has 0 aromatic rings. The molecule has 0 radical (unpaired) electrons. The van der Waals surface area contributed by atoms with Gasteiger partial charge in [-0.1, -0.05) is 13.3 Å². The maximum Gasteiger partial charge on any atom is 0.0702 e. The van der Waals surface area contributed by atoms with Crippen molar-refractivity contribution < 1.29 is 9.84 Å². The Balaban J connectivity index is 1.75. The van der Waals surface area contributed by atoms with Crippen LogP contribution in [-0.2, 0) is 4.74 Å². The largest absolute Gasteiger partial charge is 0.394 e. The van der Waals surface area contributed by atoms with Crippen molar-refractivity contribution in [1.82, 2.24) is 4.90 Å². The van der Waals surface area contributed by atoms with E-state index in [0.29, 0.717) is 12.0 Å². The SMILES string of the molecule is CCN(CCC1CCCC1(N)CO)CC1CCCO1. The fourth-order valence-electron chi connectivity index (χ4n) is 3.60. The molecular formula is C15H30N2O2. The number of hydrogen-bond donors (Lipinski definition) is 2. The second kappa shape index (κ2) is 7.02. The van der Waals surface area contributed by atoms with Crippen molar-refractivity contribution in [2.45, 2.75) is 57.1 Å². The lowest BCUT2D eigenvalue weighted by Crippen LogP contribution is -2.48. The lowest BCUT2D eigenvalue weighted by Gasteiger charge is -2.32. The van der Waals surface area contributed by atoms with Gasteiger partial charge in [0.05, 0.1) is 12.7 Å². The van der Waals surface area contributed by atoms with Gasteiger partial charge in [0.1, 0.15) is 0 Å². The Morgan fingerprint density at radius 2 is 2.21 bits per heavy atom. The summed E-state index contributed by atoms with van der Waals surface area (Å²) in [5, 5.41) is 9.49. The molecule has 3 unspecified atom stereocenters. The summed E-state index contributed by atoms with van der Waals surface area (Å²) in [7, 11) is 0. The third-order valence-corrected chi connectivity index (χ3v) is 5.03. The Morgan fingerprint density at radius 1 is 1.37 bits per heavy atom. The van der Waals surface area contributed by atoms with E-state index in [1.165, 1.54) is 25.7 Å². The summed E-state index contributed by atoms with van der Waals surface area (Å²) in [6.45, 7) is 6.49. The summed E-state index contributed by atoms with van der Waals surface area (Å²) < 4.78 is 5.71. The van der Waals surface area contributed by atoms with E-state index < -0.39 is 0 Å². The van der Waals surface area contributed by atoms with Gasteiger partial charge in [0.25, 0.3) is 0 Å². The molecule has 0 bridgehead atoms. The quantitative estimate of drug-likeness (QED) is 0.733. The fourth-order valence-corrected chi connectivity index (χ4v) is 3.60.